The molecule has 6 heteroatoms. The van der Waals surface area contributed by atoms with Gasteiger partial charge in [0.05, 0.1) is 0 Å². The predicted octanol–water partition coefficient (Wildman–Crippen LogP) is 20.4. The van der Waals surface area contributed by atoms with E-state index in [2.05, 4.69) is 81.5 Å². The summed E-state index contributed by atoms with van der Waals surface area (Å²) in [5, 5.41) is 0. The molecule has 0 spiro atoms. The molecular weight excluding hydrogens is 865 g/mol. The second-order valence-corrected chi connectivity index (χ2v) is 20.2. The van der Waals surface area contributed by atoms with E-state index in [-0.39, 0.29) is 31.1 Å². The number of carbonyl (C=O) groups is 3. The van der Waals surface area contributed by atoms with Crippen LogP contribution in [0.15, 0.2) is 60.8 Å². The zero-order valence-corrected chi connectivity index (χ0v) is 46.5. The normalized spacial score (nSPS) is 12.4. The van der Waals surface area contributed by atoms with Crippen molar-refractivity contribution < 1.29 is 28.6 Å². The number of hydrogen-bond donors (Lipinski definition) is 0. The summed E-state index contributed by atoms with van der Waals surface area (Å²) < 4.78 is 16.9. The van der Waals surface area contributed by atoms with Gasteiger partial charge in [0, 0.05) is 19.3 Å². The topological polar surface area (TPSA) is 78.9 Å². The number of hydrogen-bond acceptors (Lipinski definition) is 6. The summed E-state index contributed by atoms with van der Waals surface area (Å²) in [4.78, 5) is 38.2. The Morgan fingerprint density at radius 3 is 0.886 bits per heavy atom. The maximum Gasteiger partial charge on any atom is 0.306 e. The number of allylic oxidation sites excluding steroid dienone is 10. The van der Waals surface area contributed by atoms with Crippen LogP contribution < -0.4 is 0 Å². The molecule has 70 heavy (non-hydrogen) atoms. The summed E-state index contributed by atoms with van der Waals surface area (Å²) in [6.45, 7) is 6.53. The lowest BCUT2D eigenvalue weighted by Crippen LogP contribution is -2.30. The van der Waals surface area contributed by atoms with Crippen molar-refractivity contribution in [3.63, 3.8) is 0 Å². The smallest absolute Gasteiger partial charge is 0.306 e. The predicted molar refractivity (Wildman–Crippen MR) is 302 cm³/mol. The molecule has 0 aliphatic carbocycles. The molecule has 0 aliphatic rings. The number of unbranched alkanes of at least 4 members (excludes halogenated alkanes) is 34. The zero-order chi connectivity index (χ0) is 50.7. The van der Waals surface area contributed by atoms with Crippen LogP contribution in [-0.2, 0) is 28.6 Å². The van der Waals surface area contributed by atoms with Crippen molar-refractivity contribution in [2.75, 3.05) is 13.2 Å². The highest BCUT2D eigenvalue weighted by molar-refractivity contribution is 5.71. The van der Waals surface area contributed by atoms with E-state index in [1.807, 2.05) is 0 Å². The molecule has 0 rings (SSSR count). The van der Waals surface area contributed by atoms with Gasteiger partial charge in [-0.15, -0.1) is 0 Å². The highest BCUT2D eigenvalue weighted by Crippen LogP contribution is 2.17. The third-order valence-electron chi connectivity index (χ3n) is 13.3. The van der Waals surface area contributed by atoms with Gasteiger partial charge in [0.15, 0.2) is 6.10 Å². The summed E-state index contributed by atoms with van der Waals surface area (Å²) in [6, 6.07) is 0. The van der Waals surface area contributed by atoms with Gasteiger partial charge in [-0.25, -0.2) is 0 Å². The third-order valence-corrected chi connectivity index (χ3v) is 13.3. The Morgan fingerprint density at radius 1 is 0.300 bits per heavy atom. The average molecular weight is 980 g/mol. The molecule has 0 heterocycles. The first-order valence-electron chi connectivity index (χ1n) is 30.3. The van der Waals surface area contributed by atoms with Gasteiger partial charge in [-0.05, 0) is 83.5 Å². The molecular formula is C64H114O6. The first kappa shape index (κ1) is 67.1. The standard InChI is InChI=1S/C64H114O6/c1-4-7-10-13-16-19-22-25-27-29-31-32-33-35-36-39-42-45-48-51-54-57-63(66)69-60-61(59-68-62(65)56-53-50-47-44-41-38-24-21-18-15-12-9-6-3)70-64(67)58-55-52-49-46-43-40-37-34-30-28-26-23-20-17-14-11-8-5-2/h9,12,18,21-22,25,29,31,38,41,61H,4-8,10-11,13-17,19-20,23-24,26-28,30,32-37,39-40,42-60H2,1-3H3/b12-9-,21-18-,25-22-,31-29-,41-38-. The van der Waals surface area contributed by atoms with Gasteiger partial charge < -0.3 is 14.2 Å². The SMILES string of the molecule is CC/C=C\C/C=C\C/C=C\CCCCCC(=O)OCC(COC(=O)CCCCCCCCCCC/C=C\C/C=C\CCCCCCC)OC(=O)CCCCCCCCCCCCCCCCCCCC. The molecule has 406 valence electrons. The molecule has 0 radical (unpaired) electrons. The van der Waals surface area contributed by atoms with Crippen molar-refractivity contribution in [2.45, 2.75) is 316 Å². The van der Waals surface area contributed by atoms with Crippen LogP contribution in [0.1, 0.15) is 310 Å². The number of esters is 3. The highest BCUT2D eigenvalue weighted by atomic mass is 16.6. The van der Waals surface area contributed by atoms with E-state index in [1.54, 1.807) is 0 Å². The van der Waals surface area contributed by atoms with Crippen LogP contribution in [0.3, 0.4) is 0 Å². The fourth-order valence-electron chi connectivity index (χ4n) is 8.72. The molecule has 0 saturated heterocycles. The molecule has 6 nitrogen and oxygen atoms in total. The molecule has 0 aromatic heterocycles. The lowest BCUT2D eigenvalue weighted by atomic mass is 10.0. The number of ether oxygens (including phenoxy) is 3. The van der Waals surface area contributed by atoms with Crippen LogP contribution in [-0.4, -0.2) is 37.2 Å². The lowest BCUT2D eigenvalue weighted by molar-refractivity contribution is -0.167. The third kappa shape index (κ3) is 56.0. The summed E-state index contributed by atoms with van der Waals surface area (Å²) in [5.41, 5.74) is 0. The summed E-state index contributed by atoms with van der Waals surface area (Å²) >= 11 is 0. The molecule has 0 fully saturated rings. The van der Waals surface area contributed by atoms with Crippen molar-refractivity contribution in [3.8, 4) is 0 Å². The van der Waals surface area contributed by atoms with Crippen LogP contribution in [0.2, 0.25) is 0 Å². The monoisotopic (exact) mass is 979 g/mol. The summed E-state index contributed by atoms with van der Waals surface area (Å²) in [6.07, 6.45) is 73.6. The largest absolute Gasteiger partial charge is 0.462 e. The van der Waals surface area contributed by atoms with Gasteiger partial charge in [0.25, 0.3) is 0 Å². The second kappa shape index (κ2) is 58.7. The Balaban J connectivity index is 4.34. The van der Waals surface area contributed by atoms with E-state index in [0.29, 0.717) is 19.3 Å². The lowest BCUT2D eigenvalue weighted by Gasteiger charge is -2.18. The molecule has 0 aromatic carbocycles. The Kier molecular flexibility index (Phi) is 56.3. The van der Waals surface area contributed by atoms with Crippen LogP contribution in [0.4, 0.5) is 0 Å². The molecule has 0 aliphatic heterocycles. The second-order valence-electron chi connectivity index (χ2n) is 20.2. The van der Waals surface area contributed by atoms with E-state index in [4.69, 9.17) is 14.2 Å². The van der Waals surface area contributed by atoms with E-state index in [1.165, 1.54) is 180 Å². The Hall–Kier alpha value is -2.89. The first-order chi connectivity index (χ1) is 34.5. The van der Waals surface area contributed by atoms with Gasteiger partial charge in [-0.3, -0.25) is 14.4 Å². The highest BCUT2D eigenvalue weighted by Gasteiger charge is 2.19. The molecule has 0 saturated carbocycles. The number of rotatable bonds is 55. The average Bonchev–Trinajstić information content (AvgIpc) is 3.36. The van der Waals surface area contributed by atoms with Crippen molar-refractivity contribution in [1.29, 1.82) is 0 Å². The van der Waals surface area contributed by atoms with Crippen LogP contribution in [0, 0.1) is 0 Å². The Morgan fingerprint density at radius 2 is 0.557 bits per heavy atom. The van der Waals surface area contributed by atoms with Gasteiger partial charge >= 0.3 is 17.9 Å². The van der Waals surface area contributed by atoms with Crippen molar-refractivity contribution in [2.24, 2.45) is 0 Å². The molecule has 0 N–H and O–H groups in total. The van der Waals surface area contributed by atoms with Gasteiger partial charge in [0.1, 0.15) is 13.2 Å². The fourth-order valence-corrected chi connectivity index (χ4v) is 8.72. The van der Waals surface area contributed by atoms with E-state index in [9.17, 15) is 14.4 Å². The summed E-state index contributed by atoms with van der Waals surface area (Å²) in [5.74, 6) is -0.902. The zero-order valence-electron chi connectivity index (χ0n) is 46.5. The minimum Gasteiger partial charge on any atom is -0.462 e. The van der Waals surface area contributed by atoms with Crippen molar-refractivity contribution >= 4 is 17.9 Å². The fraction of sp³-hybridized carbons (Fsp3) is 0.797. The Labute approximate surface area is 434 Å². The minimum atomic E-state index is -0.786. The molecule has 0 aromatic rings. The quantitative estimate of drug-likeness (QED) is 0.0261. The van der Waals surface area contributed by atoms with E-state index in [0.717, 1.165) is 89.9 Å². The van der Waals surface area contributed by atoms with Crippen LogP contribution in [0.25, 0.3) is 0 Å². The van der Waals surface area contributed by atoms with Crippen LogP contribution >= 0.6 is 0 Å². The van der Waals surface area contributed by atoms with Crippen LogP contribution in [0.5, 0.6) is 0 Å². The molecule has 0 amide bonds. The first-order valence-corrected chi connectivity index (χ1v) is 30.3. The van der Waals surface area contributed by atoms with Gasteiger partial charge in [-0.2, -0.15) is 0 Å². The van der Waals surface area contributed by atoms with E-state index < -0.39 is 6.10 Å². The Bertz CT molecular complexity index is 1260. The van der Waals surface area contributed by atoms with Crippen molar-refractivity contribution in [1.82, 2.24) is 0 Å². The molecule has 1 unspecified atom stereocenters. The minimum absolute atomic E-state index is 0.0833. The van der Waals surface area contributed by atoms with Crippen molar-refractivity contribution in [3.05, 3.63) is 60.8 Å². The summed E-state index contributed by atoms with van der Waals surface area (Å²) in [7, 11) is 0. The van der Waals surface area contributed by atoms with Gasteiger partial charge in [-0.1, -0.05) is 268 Å². The molecule has 1 atom stereocenters. The number of carbonyl (C=O) groups excluding carboxylic acids is 3. The molecule has 0 bridgehead atoms. The van der Waals surface area contributed by atoms with Gasteiger partial charge in [0.2, 0.25) is 0 Å². The maximum atomic E-state index is 12.9. The van der Waals surface area contributed by atoms with E-state index >= 15 is 0 Å². The maximum absolute atomic E-state index is 12.9.